The Morgan fingerprint density at radius 3 is 3.27 bits per heavy atom. The predicted molar refractivity (Wildman–Crippen MR) is 64.9 cm³/mol. The standard InChI is InChI=1S/C11H19N3S/c1-3-6-14-8-10(7-13-14)11-12-5-4-9(2)15-11/h7-9,11-12H,3-6H2,1-2H3. The number of nitrogens with zero attached hydrogens (tertiary/aromatic N) is 2. The van der Waals surface area contributed by atoms with Gasteiger partial charge in [-0.05, 0) is 19.4 Å². The molecule has 1 fully saturated rings. The second-order valence-electron chi connectivity index (χ2n) is 4.11. The Kier molecular flexibility index (Phi) is 3.70. The normalized spacial score (nSPS) is 26.8. The SMILES string of the molecule is CCCn1cc(C2NCCC(C)S2)cn1. The van der Waals surface area contributed by atoms with Crippen LogP contribution in [0.3, 0.4) is 0 Å². The van der Waals surface area contributed by atoms with E-state index < -0.39 is 0 Å². The van der Waals surface area contributed by atoms with Crippen LogP contribution in [0.25, 0.3) is 0 Å². The monoisotopic (exact) mass is 225 g/mol. The van der Waals surface area contributed by atoms with Gasteiger partial charge in [0.2, 0.25) is 0 Å². The predicted octanol–water partition coefficient (Wildman–Crippen LogP) is 2.41. The van der Waals surface area contributed by atoms with Crippen molar-refractivity contribution in [2.45, 2.75) is 43.9 Å². The summed E-state index contributed by atoms with van der Waals surface area (Å²) >= 11 is 2.01. The van der Waals surface area contributed by atoms with E-state index >= 15 is 0 Å². The molecule has 84 valence electrons. The van der Waals surface area contributed by atoms with E-state index in [0.29, 0.717) is 5.37 Å². The van der Waals surface area contributed by atoms with Gasteiger partial charge in [0.05, 0.1) is 11.6 Å². The first-order valence-corrected chi connectivity index (χ1v) is 6.65. The first-order valence-electron chi connectivity index (χ1n) is 5.70. The summed E-state index contributed by atoms with van der Waals surface area (Å²) < 4.78 is 2.04. The summed E-state index contributed by atoms with van der Waals surface area (Å²) in [6.07, 6.45) is 6.58. The zero-order valence-corrected chi connectivity index (χ0v) is 10.3. The Morgan fingerprint density at radius 2 is 2.53 bits per heavy atom. The number of rotatable bonds is 3. The highest BCUT2D eigenvalue weighted by Crippen LogP contribution is 2.33. The van der Waals surface area contributed by atoms with Crippen LogP contribution in [-0.2, 0) is 6.54 Å². The lowest BCUT2D eigenvalue weighted by atomic mass is 10.3. The van der Waals surface area contributed by atoms with E-state index in [-0.39, 0.29) is 0 Å². The Hall–Kier alpha value is -0.480. The van der Waals surface area contributed by atoms with E-state index in [2.05, 4.69) is 30.5 Å². The number of aromatic nitrogens is 2. The zero-order valence-electron chi connectivity index (χ0n) is 9.44. The Bertz CT molecular complexity index is 311. The molecule has 0 radical (unpaired) electrons. The van der Waals surface area contributed by atoms with Crippen LogP contribution in [0.5, 0.6) is 0 Å². The third-order valence-corrected chi connectivity index (χ3v) is 4.07. The van der Waals surface area contributed by atoms with Crippen LogP contribution in [0.15, 0.2) is 12.4 Å². The van der Waals surface area contributed by atoms with Crippen LogP contribution in [-0.4, -0.2) is 21.6 Å². The largest absolute Gasteiger partial charge is 0.301 e. The molecule has 2 rings (SSSR count). The van der Waals surface area contributed by atoms with Crippen molar-refractivity contribution < 1.29 is 0 Å². The Balaban J connectivity index is 2.01. The van der Waals surface area contributed by atoms with Gasteiger partial charge in [-0.2, -0.15) is 5.10 Å². The van der Waals surface area contributed by atoms with Gasteiger partial charge in [-0.1, -0.05) is 13.8 Å². The van der Waals surface area contributed by atoms with Crippen molar-refractivity contribution in [3.8, 4) is 0 Å². The van der Waals surface area contributed by atoms with Crippen molar-refractivity contribution in [3.63, 3.8) is 0 Å². The third-order valence-electron chi connectivity index (χ3n) is 2.66. The molecule has 0 bridgehead atoms. The van der Waals surface area contributed by atoms with Crippen molar-refractivity contribution in [3.05, 3.63) is 18.0 Å². The summed E-state index contributed by atoms with van der Waals surface area (Å²) in [6.45, 7) is 6.62. The number of aryl methyl sites for hydroxylation is 1. The summed E-state index contributed by atoms with van der Waals surface area (Å²) in [7, 11) is 0. The van der Waals surface area contributed by atoms with Gasteiger partial charge in [-0.15, -0.1) is 11.8 Å². The molecule has 2 heterocycles. The molecule has 1 saturated heterocycles. The molecule has 2 unspecified atom stereocenters. The van der Waals surface area contributed by atoms with Crippen molar-refractivity contribution in [2.24, 2.45) is 0 Å². The number of nitrogens with one attached hydrogen (secondary N) is 1. The van der Waals surface area contributed by atoms with Crippen molar-refractivity contribution >= 4 is 11.8 Å². The average molecular weight is 225 g/mol. The second kappa shape index (κ2) is 5.03. The fourth-order valence-corrected chi connectivity index (χ4v) is 3.04. The van der Waals surface area contributed by atoms with Crippen molar-refractivity contribution in [1.82, 2.24) is 15.1 Å². The van der Waals surface area contributed by atoms with E-state index in [1.54, 1.807) is 0 Å². The molecule has 1 aliphatic rings. The summed E-state index contributed by atoms with van der Waals surface area (Å²) in [6, 6.07) is 0. The van der Waals surface area contributed by atoms with Crippen molar-refractivity contribution in [1.29, 1.82) is 0 Å². The van der Waals surface area contributed by atoms with Crippen molar-refractivity contribution in [2.75, 3.05) is 6.54 Å². The molecule has 3 nitrogen and oxygen atoms in total. The molecule has 1 aliphatic heterocycles. The minimum atomic E-state index is 0.444. The molecule has 0 spiro atoms. The molecular weight excluding hydrogens is 206 g/mol. The van der Waals surface area contributed by atoms with Crippen LogP contribution in [0.4, 0.5) is 0 Å². The zero-order chi connectivity index (χ0) is 10.7. The smallest absolute Gasteiger partial charge is 0.0822 e. The number of hydrogen-bond donors (Lipinski definition) is 1. The summed E-state index contributed by atoms with van der Waals surface area (Å²) in [4.78, 5) is 0. The molecule has 1 aromatic rings. The van der Waals surface area contributed by atoms with Crippen LogP contribution >= 0.6 is 11.8 Å². The minimum Gasteiger partial charge on any atom is -0.301 e. The molecule has 1 N–H and O–H groups in total. The van der Waals surface area contributed by atoms with Gasteiger partial charge >= 0.3 is 0 Å². The topological polar surface area (TPSA) is 29.9 Å². The van der Waals surface area contributed by atoms with E-state index in [9.17, 15) is 0 Å². The van der Waals surface area contributed by atoms with Gasteiger partial charge in [0.1, 0.15) is 0 Å². The highest BCUT2D eigenvalue weighted by molar-refractivity contribution is 8.00. The third kappa shape index (κ3) is 2.75. The number of hydrogen-bond acceptors (Lipinski definition) is 3. The molecule has 4 heteroatoms. The molecule has 0 aliphatic carbocycles. The fraction of sp³-hybridized carbons (Fsp3) is 0.727. The first-order chi connectivity index (χ1) is 7.29. The quantitative estimate of drug-likeness (QED) is 0.856. The van der Waals surface area contributed by atoms with E-state index in [1.165, 1.54) is 12.0 Å². The molecule has 0 amide bonds. The van der Waals surface area contributed by atoms with Gasteiger partial charge < -0.3 is 5.32 Å². The molecule has 1 aromatic heterocycles. The van der Waals surface area contributed by atoms with E-state index in [1.807, 2.05) is 22.6 Å². The van der Waals surface area contributed by atoms with Gasteiger partial charge in [0, 0.05) is 23.6 Å². The maximum absolute atomic E-state index is 4.37. The Labute approximate surface area is 95.6 Å². The highest BCUT2D eigenvalue weighted by atomic mass is 32.2. The second-order valence-corrected chi connectivity index (χ2v) is 5.65. The minimum absolute atomic E-state index is 0.444. The maximum atomic E-state index is 4.37. The average Bonchev–Trinajstić information content (AvgIpc) is 2.67. The lowest BCUT2D eigenvalue weighted by molar-refractivity contribution is 0.593. The Morgan fingerprint density at radius 1 is 1.67 bits per heavy atom. The molecule has 0 saturated carbocycles. The molecule has 2 atom stereocenters. The summed E-state index contributed by atoms with van der Waals surface area (Å²) in [5, 5.41) is 9.10. The fourth-order valence-electron chi connectivity index (χ4n) is 1.83. The van der Waals surface area contributed by atoms with Crippen LogP contribution in [0.2, 0.25) is 0 Å². The van der Waals surface area contributed by atoms with Gasteiger partial charge in [0.25, 0.3) is 0 Å². The van der Waals surface area contributed by atoms with Gasteiger partial charge in [-0.25, -0.2) is 0 Å². The summed E-state index contributed by atoms with van der Waals surface area (Å²) in [5.74, 6) is 0. The number of thioether (sulfide) groups is 1. The van der Waals surface area contributed by atoms with Crippen LogP contribution in [0.1, 0.15) is 37.6 Å². The molecule has 15 heavy (non-hydrogen) atoms. The van der Waals surface area contributed by atoms with E-state index in [0.717, 1.165) is 24.8 Å². The summed E-state index contributed by atoms with van der Waals surface area (Å²) in [5.41, 5.74) is 1.32. The van der Waals surface area contributed by atoms with E-state index in [4.69, 9.17) is 0 Å². The highest BCUT2D eigenvalue weighted by Gasteiger charge is 2.21. The first kappa shape index (κ1) is 11.0. The van der Waals surface area contributed by atoms with Gasteiger partial charge in [0.15, 0.2) is 0 Å². The maximum Gasteiger partial charge on any atom is 0.0822 e. The molecular formula is C11H19N3S. The lowest BCUT2D eigenvalue weighted by Gasteiger charge is -2.26. The van der Waals surface area contributed by atoms with Crippen LogP contribution in [0, 0.1) is 0 Å². The molecule has 0 aromatic carbocycles. The van der Waals surface area contributed by atoms with Gasteiger partial charge in [-0.3, -0.25) is 4.68 Å². The lowest BCUT2D eigenvalue weighted by Crippen LogP contribution is -2.28. The van der Waals surface area contributed by atoms with Crippen LogP contribution < -0.4 is 5.32 Å².